The molecule has 3 N–H and O–H groups in total. The van der Waals surface area contributed by atoms with Crippen LogP contribution in [0.5, 0.6) is 5.75 Å². The molecule has 1 aromatic carbocycles. The number of hydrogen-bond donors (Lipinski definition) is 2. The summed E-state index contributed by atoms with van der Waals surface area (Å²) in [5.41, 5.74) is 7.18. The van der Waals surface area contributed by atoms with Crippen LogP contribution in [0, 0.1) is 0 Å². The maximum atomic E-state index is 12.2. The van der Waals surface area contributed by atoms with Crippen LogP contribution in [0.15, 0.2) is 12.1 Å². The van der Waals surface area contributed by atoms with Crippen LogP contribution >= 0.6 is 0 Å². The van der Waals surface area contributed by atoms with Crippen molar-refractivity contribution in [2.45, 2.75) is 45.8 Å². The Morgan fingerprint density at radius 1 is 1.47 bits per heavy atom. The first-order valence-corrected chi connectivity index (χ1v) is 6.33. The number of amides is 1. The van der Waals surface area contributed by atoms with E-state index < -0.39 is 5.60 Å². The largest absolute Gasteiger partial charge is 0.506 e. The molecule has 1 aliphatic rings. The summed E-state index contributed by atoms with van der Waals surface area (Å²) in [6.07, 6.45) is 0.235. The lowest BCUT2D eigenvalue weighted by molar-refractivity contribution is 0.0572. The fourth-order valence-electron chi connectivity index (χ4n) is 2.29. The van der Waals surface area contributed by atoms with Crippen molar-refractivity contribution in [2.75, 3.05) is 10.6 Å². The lowest BCUT2D eigenvalue weighted by atomic mass is 10.1. The smallest absolute Gasteiger partial charge is 0.415 e. The van der Waals surface area contributed by atoms with Gasteiger partial charge < -0.3 is 15.6 Å². The molecule has 0 aromatic heterocycles. The molecule has 0 aliphatic carbocycles. The Hall–Kier alpha value is -1.91. The molecule has 0 radical (unpaired) electrons. The van der Waals surface area contributed by atoms with Crippen molar-refractivity contribution in [3.63, 3.8) is 0 Å². The maximum absolute atomic E-state index is 12.2. The maximum Gasteiger partial charge on any atom is 0.415 e. The second kappa shape index (κ2) is 4.33. The number of fused-ring (bicyclic) bond motifs is 1. The zero-order chi connectivity index (χ0) is 14.4. The summed E-state index contributed by atoms with van der Waals surface area (Å²) in [4.78, 5) is 13.8. The molecule has 1 unspecified atom stereocenters. The molecule has 0 fully saturated rings. The Labute approximate surface area is 113 Å². The molecule has 1 aliphatic heterocycles. The lowest BCUT2D eigenvalue weighted by Gasteiger charge is -2.27. The first kappa shape index (κ1) is 13.5. The molecule has 104 valence electrons. The summed E-state index contributed by atoms with van der Waals surface area (Å²) in [6, 6.07) is 3.17. The zero-order valence-electron chi connectivity index (χ0n) is 11.7. The molecule has 2 rings (SSSR count). The molecule has 5 nitrogen and oxygen atoms in total. The first-order valence-electron chi connectivity index (χ1n) is 6.33. The zero-order valence-corrected chi connectivity index (χ0v) is 11.7. The summed E-state index contributed by atoms with van der Waals surface area (Å²) in [7, 11) is 0. The van der Waals surface area contributed by atoms with Crippen molar-refractivity contribution < 1.29 is 14.6 Å². The second-order valence-corrected chi connectivity index (χ2v) is 5.90. The number of ether oxygens (including phenoxy) is 1. The first-order chi connectivity index (χ1) is 8.70. The van der Waals surface area contributed by atoms with Crippen LogP contribution in [-0.2, 0) is 11.2 Å². The number of carbonyl (C=O) groups is 1. The Morgan fingerprint density at radius 3 is 2.68 bits per heavy atom. The van der Waals surface area contributed by atoms with Crippen molar-refractivity contribution in [1.29, 1.82) is 0 Å². The van der Waals surface area contributed by atoms with E-state index in [4.69, 9.17) is 10.5 Å². The molecule has 1 amide bonds. The average molecular weight is 264 g/mol. The Kier molecular flexibility index (Phi) is 3.08. The molecular formula is C14H20N2O3. The normalized spacial score (nSPS) is 18.3. The van der Waals surface area contributed by atoms with E-state index >= 15 is 0 Å². The standard InChI is InChI=1S/C14H20N2O3/c1-8-7-9-10(5-6-11(17)12(9)15)16(8)13(18)19-14(2,3)4/h5-6,8,17H,7,15H2,1-4H3. The molecular weight excluding hydrogens is 244 g/mol. The van der Waals surface area contributed by atoms with Gasteiger partial charge in [-0.25, -0.2) is 4.79 Å². The Balaban J connectivity index is 2.36. The molecule has 19 heavy (non-hydrogen) atoms. The van der Waals surface area contributed by atoms with Gasteiger partial charge in [0.1, 0.15) is 11.4 Å². The number of anilines is 2. The second-order valence-electron chi connectivity index (χ2n) is 5.90. The minimum Gasteiger partial charge on any atom is -0.506 e. The number of carbonyl (C=O) groups excluding carboxylic acids is 1. The summed E-state index contributed by atoms with van der Waals surface area (Å²) >= 11 is 0. The van der Waals surface area contributed by atoms with Crippen molar-refractivity contribution in [3.05, 3.63) is 17.7 Å². The van der Waals surface area contributed by atoms with Crippen LogP contribution in [0.25, 0.3) is 0 Å². The van der Waals surface area contributed by atoms with Crippen molar-refractivity contribution in [3.8, 4) is 5.75 Å². The third-order valence-electron chi connectivity index (χ3n) is 3.10. The highest BCUT2D eigenvalue weighted by molar-refractivity contribution is 5.93. The number of nitrogens with two attached hydrogens (primary N) is 1. The molecule has 0 spiro atoms. The van der Waals surface area contributed by atoms with Crippen LogP contribution in [0.1, 0.15) is 33.3 Å². The molecule has 1 heterocycles. The minimum atomic E-state index is -0.540. The summed E-state index contributed by atoms with van der Waals surface area (Å²) in [5.74, 6) is 0.0528. The van der Waals surface area contributed by atoms with E-state index in [1.165, 1.54) is 6.07 Å². The van der Waals surface area contributed by atoms with E-state index in [-0.39, 0.29) is 17.9 Å². The van der Waals surface area contributed by atoms with Gasteiger partial charge in [0.15, 0.2) is 0 Å². The molecule has 0 saturated carbocycles. The number of phenolic OH excluding ortho intramolecular Hbond substituents is 1. The predicted octanol–water partition coefficient (Wildman–Crippen LogP) is 2.66. The Bertz CT molecular complexity index is 520. The van der Waals surface area contributed by atoms with E-state index in [1.54, 1.807) is 11.0 Å². The lowest BCUT2D eigenvalue weighted by Crippen LogP contribution is -2.40. The predicted molar refractivity (Wildman–Crippen MR) is 74.4 cm³/mol. The van der Waals surface area contributed by atoms with Crippen molar-refractivity contribution in [1.82, 2.24) is 0 Å². The highest BCUT2D eigenvalue weighted by Gasteiger charge is 2.35. The van der Waals surface area contributed by atoms with Crippen molar-refractivity contribution in [2.24, 2.45) is 0 Å². The van der Waals surface area contributed by atoms with Gasteiger partial charge in [-0.05, 0) is 46.2 Å². The van der Waals surface area contributed by atoms with Gasteiger partial charge in [0.2, 0.25) is 0 Å². The number of hydrogen-bond acceptors (Lipinski definition) is 4. The number of nitrogen functional groups attached to an aromatic ring is 1. The van der Waals surface area contributed by atoms with Gasteiger partial charge in [0.25, 0.3) is 0 Å². The fraction of sp³-hybridized carbons (Fsp3) is 0.500. The van der Waals surface area contributed by atoms with Gasteiger partial charge in [-0.2, -0.15) is 0 Å². The van der Waals surface area contributed by atoms with Gasteiger partial charge in [-0.1, -0.05) is 0 Å². The van der Waals surface area contributed by atoms with Crippen LogP contribution in [-0.4, -0.2) is 22.8 Å². The van der Waals surface area contributed by atoms with E-state index in [1.807, 2.05) is 27.7 Å². The van der Waals surface area contributed by atoms with Gasteiger partial charge in [-0.15, -0.1) is 0 Å². The monoisotopic (exact) mass is 264 g/mol. The number of nitrogens with zero attached hydrogens (tertiary/aromatic N) is 1. The molecule has 0 saturated heterocycles. The summed E-state index contributed by atoms with van der Waals surface area (Å²) in [6.45, 7) is 7.42. The van der Waals surface area contributed by atoms with E-state index in [9.17, 15) is 9.90 Å². The summed E-state index contributed by atoms with van der Waals surface area (Å²) < 4.78 is 5.40. The number of rotatable bonds is 0. The number of phenols is 1. The average Bonchev–Trinajstić information content (AvgIpc) is 2.58. The molecule has 1 aromatic rings. The Morgan fingerprint density at radius 2 is 2.11 bits per heavy atom. The van der Waals surface area contributed by atoms with Crippen molar-refractivity contribution >= 4 is 17.5 Å². The van der Waals surface area contributed by atoms with Crippen LogP contribution in [0.4, 0.5) is 16.2 Å². The molecule has 5 heteroatoms. The van der Waals surface area contributed by atoms with Crippen LogP contribution < -0.4 is 10.6 Å². The topological polar surface area (TPSA) is 75.8 Å². The van der Waals surface area contributed by atoms with Gasteiger partial charge >= 0.3 is 6.09 Å². The quantitative estimate of drug-likeness (QED) is 0.558. The van der Waals surface area contributed by atoms with E-state index in [2.05, 4.69) is 0 Å². The minimum absolute atomic E-state index is 0.0334. The van der Waals surface area contributed by atoms with Gasteiger partial charge in [0.05, 0.1) is 11.4 Å². The van der Waals surface area contributed by atoms with Crippen LogP contribution in [0.3, 0.4) is 0 Å². The molecule has 1 atom stereocenters. The SMILES string of the molecule is CC1Cc2c(ccc(O)c2N)N1C(=O)OC(C)(C)C. The summed E-state index contributed by atoms with van der Waals surface area (Å²) in [5, 5.41) is 9.62. The third-order valence-corrected chi connectivity index (χ3v) is 3.10. The fourth-order valence-corrected chi connectivity index (χ4v) is 2.29. The highest BCUT2D eigenvalue weighted by Crippen LogP contribution is 2.40. The van der Waals surface area contributed by atoms with E-state index in [0.29, 0.717) is 12.1 Å². The third kappa shape index (κ3) is 2.45. The van der Waals surface area contributed by atoms with Crippen LogP contribution in [0.2, 0.25) is 0 Å². The highest BCUT2D eigenvalue weighted by atomic mass is 16.6. The number of benzene rings is 1. The van der Waals surface area contributed by atoms with E-state index in [0.717, 1.165) is 11.3 Å². The number of aromatic hydroxyl groups is 1. The molecule has 0 bridgehead atoms. The van der Waals surface area contributed by atoms with Gasteiger partial charge in [0, 0.05) is 11.6 Å². The van der Waals surface area contributed by atoms with Gasteiger partial charge in [-0.3, -0.25) is 4.90 Å².